The summed E-state index contributed by atoms with van der Waals surface area (Å²) in [6.45, 7) is -1.29. The molecule has 1 fully saturated rings. The first kappa shape index (κ1) is 17.7. The van der Waals surface area contributed by atoms with Crippen molar-refractivity contribution in [3.8, 4) is 0 Å². The molecule has 0 saturated carbocycles. The SMILES string of the molecule is CN(Cc1ccccc1)C1CCN(C(=O)C(F)(F)F)CC1(F)F. The van der Waals surface area contributed by atoms with Crippen molar-refractivity contribution in [1.29, 1.82) is 0 Å². The molecule has 3 nitrogen and oxygen atoms in total. The molecule has 1 atom stereocenters. The Balaban J connectivity index is 2.04. The minimum Gasteiger partial charge on any atom is -0.329 e. The molecule has 8 heteroatoms. The van der Waals surface area contributed by atoms with E-state index in [1.54, 1.807) is 30.3 Å². The van der Waals surface area contributed by atoms with Crippen molar-refractivity contribution >= 4 is 5.91 Å². The summed E-state index contributed by atoms with van der Waals surface area (Å²) in [6.07, 6.45) is -5.34. The molecule has 23 heavy (non-hydrogen) atoms. The zero-order valence-corrected chi connectivity index (χ0v) is 12.5. The quantitative estimate of drug-likeness (QED) is 0.793. The fourth-order valence-electron chi connectivity index (χ4n) is 2.81. The Hall–Kier alpha value is -1.70. The number of hydrogen-bond acceptors (Lipinski definition) is 2. The summed E-state index contributed by atoms with van der Waals surface area (Å²) in [6, 6.07) is 7.74. The maximum Gasteiger partial charge on any atom is 0.471 e. The first-order chi connectivity index (χ1) is 10.6. The van der Waals surface area contributed by atoms with Gasteiger partial charge in [0.25, 0.3) is 5.92 Å². The second-order valence-electron chi connectivity index (χ2n) is 5.69. The van der Waals surface area contributed by atoms with Gasteiger partial charge in [-0.2, -0.15) is 13.2 Å². The van der Waals surface area contributed by atoms with Crippen molar-refractivity contribution < 1.29 is 26.7 Å². The third kappa shape index (κ3) is 4.19. The van der Waals surface area contributed by atoms with Crippen molar-refractivity contribution in [2.75, 3.05) is 20.1 Å². The zero-order chi connectivity index (χ0) is 17.3. The van der Waals surface area contributed by atoms with Gasteiger partial charge in [-0.15, -0.1) is 0 Å². The number of alkyl halides is 5. The zero-order valence-electron chi connectivity index (χ0n) is 12.5. The third-order valence-electron chi connectivity index (χ3n) is 3.90. The number of piperidine rings is 1. The van der Waals surface area contributed by atoms with Crippen molar-refractivity contribution in [2.24, 2.45) is 0 Å². The van der Waals surface area contributed by atoms with Crippen molar-refractivity contribution in [2.45, 2.75) is 31.1 Å². The number of nitrogens with zero attached hydrogens (tertiary/aromatic N) is 2. The molecule has 0 aromatic heterocycles. The standard InChI is InChI=1S/C15H17F5N2O/c1-21(9-11-5-3-2-4-6-11)12-7-8-22(10-14(12,16)17)13(23)15(18,19)20/h2-6,12H,7-10H2,1H3. The molecule has 1 aliphatic heterocycles. The average Bonchev–Trinajstić information content (AvgIpc) is 2.45. The highest BCUT2D eigenvalue weighted by atomic mass is 19.4. The highest BCUT2D eigenvalue weighted by Crippen LogP contribution is 2.33. The summed E-state index contributed by atoms with van der Waals surface area (Å²) in [5, 5.41) is 0. The van der Waals surface area contributed by atoms with E-state index in [-0.39, 0.29) is 24.4 Å². The molecular weight excluding hydrogens is 319 g/mol. The van der Waals surface area contributed by atoms with E-state index in [0.717, 1.165) is 5.56 Å². The summed E-state index contributed by atoms with van der Waals surface area (Å²) < 4.78 is 65.6. The second-order valence-corrected chi connectivity index (χ2v) is 5.69. The van der Waals surface area contributed by atoms with Gasteiger partial charge in [0.05, 0.1) is 12.6 Å². The number of hydrogen-bond donors (Lipinski definition) is 0. The molecule has 1 saturated heterocycles. The summed E-state index contributed by atoms with van der Waals surface area (Å²) in [5.74, 6) is -5.61. The number of rotatable bonds is 3. The molecular formula is C15H17F5N2O. The van der Waals surface area contributed by atoms with Crippen LogP contribution in [0.25, 0.3) is 0 Å². The smallest absolute Gasteiger partial charge is 0.329 e. The minimum absolute atomic E-state index is 0.187. The fraction of sp³-hybridized carbons (Fsp3) is 0.533. The van der Waals surface area contributed by atoms with Gasteiger partial charge in [0, 0.05) is 13.1 Å². The molecule has 0 spiro atoms. The van der Waals surface area contributed by atoms with Crippen LogP contribution in [-0.4, -0.2) is 54.0 Å². The number of amides is 1. The molecule has 2 rings (SSSR count). The Labute approximate surface area is 130 Å². The molecule has 1 aromatic rings. The molecule has 1 heterocycles. The van der Waals surface area contributed by atoms with Gasteiger partial charge in [-0.25, -0.2) is 8.78 Å². The molecule has 1 aromatic carbocycles. The van der Waals surface area contributed by atoms with Crippen LogP contribution in [0, 0.1) is 0 Å². The number of halogens is 5. The first-order valence-corrected chi connectivity index (χ1v) is 7.09. The number of benzene rings is 1. The van der Waals surface area contributed by atoms with E-state index in [9.17, 15) is 26.7 Å². The van der Waals surface area contributed by atoms with Crippen LogP contribution < -0.4 is 0 Å². The van der Waals surface area contributed by atoms with E-state index < -0.39 is 30.6 Å². The Morgan fingerprint density at radius 3 is 2.43 bits per heavy atom. The summed E-state index contributed by atoms with van der Waals surface area (Å²) in [7, 11) is 1.51. The van der Waals surface area contributed by atoms with Gasteiger partial charge in [-0.3, -0.25) is 9.69 Å². The van der Waals surface area contributed by atoms with Crippen LogP contribution in [0.5, 0.6) is 0 Å². The van der Waals surface area contributed by atoms with Gasteiger partial charge in [0.1, 0.15) is 0 Å². The predicted octanol–water partition coefficient (Wildman–Crippen LogP) is 2.92. The average molecular weight is 336 g/mol. The van der Waals surface area contributed by atoms with Crippen LogP contribution in [-0.2, 0) is 11.3 Å². The molecule has 1 amide bonds. The van der Waals surface area contributed by atoms with Crippen molar-refractivity contribution in [1.82, 2.24) is 9.80 Å². The van der Waals surface area contributed by atoms with Gasteiger partial charge in [0.15, 0.2) is 0 Å². The Bertz CT molecular complexity index is 547. The van der Waals surface area contributed by atoms with Gasteiger partial charge in [-0.1, -0.05) is 30.3 Å². The van der Waals surface area contributed by atoms with Crippen LogP contribution in [0.4, 0.5) is 22.0 Å². The van der Waals surface area contributed by atoms with E-state index in [4.69, 9.17) is 0 Å². The number of carbonyl (C=O) groups is 1. The molecule has 0 N–H and O–H groups in total. The summed E-state index contributed by atoms with van der Waals surface area (Å²) >= 11 is 0. The first-order valence-electron chi connectivity index (χ1n) is 7.09. The molecule has 128 valence electrons. The van der Waals surface area contributed by atoms with Crippen molar-refractivity contribution in [3.05, 3.63) is 35.9 Å². The normalized spacial score (nSPS) is 21.5. The highest BCUT2D eigenvalue weighted by Gasteiger charge is 2.52. The lowest BCUT2D eigenvalue weighted by Crippen LogP contribution is -2.60. The summed E-state index contributed by atoms with van der Waals surface area (Å²) in [5.41, 5.74) is 0.833. The van der Waals surface area contributed by atoms with Gasteiger partial charge < -0.3 is 4.90 Å². The van der Waals surface area contributed by atoms with E-state index in [1.165, 1.54) is 11.9 Å². The topological polar surface area (TPSA) is 23.6 Å². The van der Waals surface area contributed by atoms with E-state index in [0.29, 0.717) is 0 Å². The molecule has 1 aliphatic rings. The highest BCUT2D eigenvalue weighted by molar-refractivity contribution is 5.82. The van der Waals surface area contributed by atoms with Crippen LogP contribution in [0.1, 0.15) is 12.0 Å². The predicted molar refractivity (Wildman–Crippen MR) is 73.9 cm³/mol. The van der Waals surface area contributed by atoms with E-state index in [2.05, 4.69) is 0 Å². The van der Waals surface area contributed by atoms with Crippen LogP contribution in [0.15, 0.2) is 30.3 Å². The monoisotopic (exact) mass is 336 g/mol. The lowest BCUT2D eigenvalue weighted by atomic mass is 9.98. The number of carbonyl (C=O) groups excluding carboxylic acids is 1. The van der Waals surface area contributed by atoms with Crippen LogP contribution in [0.2, 0.25) is 0 Å². The molecule has 0 radical (unpaired) electrons. The maximum atomic E-state index is 14.2. The summed E-state index contributed by atoms with van der Waals surface area (Å²) in [4.78, 5) is 12.7. The Morgan fingerprint density at radius 1 is 1.30 bits per heavy atom. The van der Waals surface area contributed by atoms with Crippen LogP contribution >= 0.6 is 0 Å². The third-order valence-corrected chi connectivity index (χ3v) is 3.90. The minimum atomic E-state index is -5.13. The second kappa shape index (κ2) is 6.43. The largest absolute Gasteiger partial charge is 0.471 e. The lowest BCUT2D eigenvalue weighted by molar-refractivity contribution is -0.197. The van der Waals surface area contributed by atoms with Gasteiger partial charge in [0.2, 0.25) is 0 Å². The number of likely N-dealkylation sites (tertiary alicyclic amines) is 1. The van der Waals surface area contributed by atoms with Crippen LogP contribution in [0.3, 0.4) is 0 Å². The Kier molecular flexibility index (Phi) is 4.93. The molecule has 0 bridgehead atoms. The van der Waals surface area contributed by atoms with Crippen molar-refractivity contribution in [3.63, 3.8) is 0 Å². The maximum absolute atomic E-state index is 14.2. The Morgan fingerprint density at radius 2 is 1.91 bits per heavy atom. The van der Waals surface area contributed by atoms with E-state index in [1.807, 2.05) is 0 Å². The van der Waals surface area contributed by atoms with Gasteiger partial charge in [-0.05, 0) is 19.0 Å². The fourth-order valence-corrected chi connectivity index (χ4v) is 2.81. The van der Waals surface area contributed by atoms with E-state index >= 15 is 0 Å². The lowest BCUT2D eigenvalue weighted by Gasteiger charge is -2.42. The molecule has 1 unspecified atom stereocenters. The van der Waals surface area contributed by atoms with Gasteiger partial charge >= 0.3 is 12.1 Å². The molecule has 0 aliphatic carbocycles.